The van der Waals surface area contributed by atoms with Crippen molar-refractivity contribution >= 4 is 33.3 Å². The molecule has 0 aromatic heterocycles. The standard InChI is InChI=1S/C27H26P.C14H22O4S/c1-5-14-24(15-6-1)16-13-23-28(25-17-7-2-8-18-25,26-19-9-3-10-20-26)27-21-11-4-12-22-27;1-13(2,3)10-7-9(19(16,17)18)8-11(12(10)15)14(4,5)6/h1-12,14-15,17-22H,13,16,23H2;7-8,15H,1-6H3,(H,16,17,18)/q+1;/p-1. The van der Waals surface area contributed by atoms with Gasteiger partial charge in [-0.1, -0.05) is 126 Å². The van der Waals surface area contributed by atoms with E-state index in [1.807, 2.05) is 41.5 Å². The predicted molar refractivity (Wildman–Crippen MR) is 198 cm³/mol. The van der Waals surface area contributed by atoms with Gasteiger partial charge in [-0.15, -0.1) is 0 Å². The first kappa shape index (κ1) is 36.1. The number of aromatic hydroxyl groups is 1. The maximum Gasteiger partial charge on any atom is 0.124 e. The first-order valence-electron chi connectivity index (χ1n) is 16.1. The van der Waals surface area contributed by atoms with Crippen molar-refractivity contribution < 1.29 is 18.1 Å². The van der Waals surface area contributed by atoms with E-state index in [2.05, 4.69) is 121 Å². The van der Waals surface area contributed by atoms with Crippen LogP contribution in [-0.4, -0.2) is 24.2 Å². The zero-order valence-electron chi connectivity index (χ0n) is 28.4. The SMILES string of the molecule is CC(C)(C)c1cc(S(=O)(=O)[O-])cc(C(C)(C)C)c1O.c1ccc(CCC[P+](c2ccccc2)(c2ccccc2)c2ccccc2)cc1. The Bertz CT molecular complexity index is 1700. The number of aryl methyl sites for hydroxylation is 1. The summed E-state index contributed by atoms with van der Waals surface area (Å²) in [6.07, 6.45) is 3.48. The van der Waals surface area contributed by atoms with Crippen molar-refractivity contribution in [3.8, 4) is 5.75 Å². The van der Waals surface area contributed by atoms with Crippen molar-refractivity contribution in [3.63, 3.8) is 0 Å². The van der Waals surface area contributed by atoms with Crippen LogP contribution in [0, 0.1) is 0 Å². The van der Waals surface area contributed by atoms with Gasteiger partial charge in [0, 0.05) is 11.1 Å². The van der Waals surface area contributed by atoms with Crippen LogP contribution in [0.2, 0.25) is 0 Å². The molecule has 0 fully saturated rings. The summed E-state index contributed by atoms with van der Waals surface area (Å²) in [7, 11) is -6.24. The van der Waals surface area contributed by atoms with E-state index in [-0.39, 0.29) is 10.6 Å². The molecule has 5 aromatic carbocycles. The Morgan fingerprint density at radius 1 is 0.596 bits per heavy atom. The van der Waals surface area contributed by atoms with Gasteiger partial charge in [0.1, 0.15) is 39.0 Å². The molecule has 0 atom stereocenters. The number of rotatable bonds is 8. The van der Waals surface area contributed by atoms with E-state index in [0.717, 1.165) is 6.42 Å². The van der Waals surface area contributed by atoms with Gasteiger partial charge in [-0.25, -0.2) is 8.42 Å². The molecule has 246 valence electrons. The number of hydrogen-bond donors (Lipinski definition) is 1. The van der Waals surface area contributed by atoms with Crippen molar-refractivity contribution in [2.45, 2.75) is 70.1 Å². The summed E-state index contributed by atoms with van der Waals surface area (Å²) in [5.41, 5.74) is 1.45. The highest BCUT2D eigenvalue weighted by Gasteiger charge is 2.44. The number of phenolic OH excluding ortho intramolecular Hbond substituents is 1. The summed E-state index contributed by atoms with van der Waals surface area (Å²) in [5.74, 6) is 0.0624. The molecule has 5 rings (SSSR count). The molecule has 0 heterocycles. The second-order valence-electron chi connectivity index (χ2n) is 14.0. The second-order valence-corrected chi connectivity index (χ2v) is 18.9. The average Bonchev–Trinajstić information content (AvgIpc) is 3.04. The Kier molecular flexibility index (Phi) is 11.5. The molecule has 0 spiro atoms. The van der Waals surface area contributed by atoms with E-state index in [0.29, 0.717) is 11.1 Å². The monoisotopic (exact) mass is 666 g/mol. The summed E-state index contributed by atoms with van der Waals surface area (Å²) in [4.78, 5) is -0.292. The fraction of sp³-hybridized carbons (Fsp3) is 0.268. The molecule has 1 N–H and O–H groups in total. The average molecular weight is 667 g/mol. The van der Waals surface area contributed by atoms with Crippen molar-refractivity contribution in [1.82, 2.24) is 0 Å². The largest absolute Gasteiger partial charge is 0.744 e. The van der Waals surface area contributed by atoms with Crippen LogP contribution in [0.5, 0.6) is 5.75 Å². The van der Waals surface area contributed by atoms with Gasteiger partial charge in [-0.3, -0.25) is 0 Å². The van der Waals surface area contributed by atoms with Gasteiger partial charge in [-0.2, -0.15) is 0 Å². The molecule has 0 aliphatic heterocycles. The molecule has 0 aliphatic carbocycles. The quantitative estimate of drug-likeness (QED) is 0.133. The van der Waals surface area contributed by atoms with E-state index >= 15 is 0 Å². The normalized spacial score (nSPS) is 12.2. The van der Waals surface area contributed by atoms with Gasteiger partial charge in [0.05, 0.1) is 11.1 Å². The third kappa shape index (κ3) is 8.99. The van der Waals surface area contributed by atoms with E-state index in [4.69, 9.17) is 0 Å². The first-order valence-corrected chi connectivity index (χ1v) is 19.4. The number of hydrogen-bond acceptors (Lipinski definition) is 4. The van der Waals surface area contributed by atoms with Crippen LogP contribution in [0.1, 0.15) is 64.7 Å². The van der Waals surface area contributed by atoms with Crippen LogP contribution in [-0.2, 0) is 27.4 Å². The van der Waals surface area contributed by atoms with Gasteiger partial charge in [0.25, 0.3) is 0 Å². The van der Waals surface area contributed by atoms with Crippen molar-refractivity contribution in [1.29, 1.82) is 0 Å². The topological polar surface area (TPSA) is 77.4 Å². The van der Waals surface area contributed by atoms with Gasteiger partial charge in [0.15, 0.2) is 0 Å². The van der Waals surface area contributed by atoms with Crippen LogP contribution in [0.4, 0.5) is 0 Å². The third-order valence-electron chi connectivity index (χ3n) is 8.38. The molecule has 0 aliphatic rings. The van der Waals surface area contributed by atoms with Crippen LogP contribution >= 0.6 is 7.26 Å². The summed E-state index contributed by atoms with van der Waals surface area (Å²) in [6, 6.07) is 46.9. The molecule has 0 amide bonds. The van der Waals surface area contributed by atoms with Crippen LogP contribution in [0.15, 0.2) is 138 Å². The third-order valence-corrected chi connectivity index (χ3v) is 13.7. The molecule has 6 heteroatoms. The van der Waals surface area contributed by atoms with Crippen molar-refractivity contribution in [3.05, 3.63) is 150 Å². The van der Waals surface area contributed by atoms with Crippen LogP contribution < -0.4 is 15.9 Å². The zero-order valence-corrected chi connectivity index (χ0v) is 30.1. The number of benzene rings is 5. The lowest BCUT2D eigenvalue weighted by molar-refractivity contribution is 0.420. The lowest BCUT2D eigenvalue weighted by Crippen LogP contribution is -2.33. The molecule has 47 heavy (non-hydrogen) atoms. The molecule has 0 saturated heterocycles. The van der Waals surface area contributed by atoms with Crippen LogP contribution in [0.3, 0.4) is 0 Å². The fourth-order valence-electron chi connectivity index (χ4n) is 5.94. The summed E-state index contributed by atoms with van der Waals surface area (Å²) in [6.45, 7) is 11.1. The molecule has 4 nitrogen and oxygen atoms in total. The maximum atomic E-state index is 11.3. The van der Waals surface area contributed by atoms with Gasteiger partial charge < -0.3 is 9.66 Å². The minimum absolute atomic E-state index is 0.0624. The number of phenols is 1. The zero-order chi connectivity index (χ0) is 34.3. The molecular weight excluding hydrogens is 619 g/mol. The van der Waals surface area contributed by atoms with Gasteiger partial charge >= 0.3 is 0 Å². The smallest absolute Gasteiger partial charge is 0.124 e. The van der Waals surface area contributed by atoms with Crippen molar-refractivity contribution in [2.24, 2.45) is 0 Å². The molecule has 0 bridgehead atoms. The molecule has 0 saturated carbocycles. The molecular formula is C41H47O4PS. The minimum Gasteiger partial charge on any atom is -0.744 e. The lowest BCUT2D eigenvalue weighted by Gasteiger charge is -2.28. The summed E-state index contributed by atoms with van der Waals surface area (Å²) < 4.78 is 33.8. The Balaban J connectivity index is 0.000000231. The fourth-order valence-corrected chi connectivity index (χ4v) is 10.8. The van der Waals surface area contributed by atoms with E-state index in [9.17, 15) is 18.1 Å². The van der Waals surface area contributed by atoms with E-state index in [1.54, 1.807) is 0 Å². The maximum absolute atomic E-state index is 11.3. The Morgan fingerprint density at radius 3 is 1.26 bits per heavy atom. The predicted octanol–water partition coefficient (Wildman–Crippen LogP) is 8.50. The second kappa shape index (κ2) is 15.0. The highest BCUT2D eigenvalue weighted by molar-refractivity contribution is 7.95. The lowest BCUT2D eigenvalue weighted by atomic mass is 9.79. The highest BCUT2D eigenvalue weighted by atomic mass is 32.2. The van der Waals surface area contributed by atoms with Crippen molar-refractivity contribution in [2.75, 3.05) is 6.16 Å². The first-order chi connectivity index (χ1) is 22.1. The van der Waals surface area contributed by atoms with E-state index < -0.39 is 28.2 Å². The van der Waals surface area contributed by atoms with E-state index in [1.165, 1.54) is 46.2 Å². The molecule has 0 radical (unpaired) electrons. The minimum atomic E-state index is -4.55. The molecule has 0 unspecified atom stereocenters. The Labute approximate surface area is 282 Å². The van der Waals surface area contributed by atoms with Crippen LogP contribution in [0.25, 0.3) is 0 Å². The Hall–Kier alpha value is -3.76. The highest BCUT2D eigenvalue weighted by Crippen LogP contribution is 2.55. The molecule has 5 aromatic rings. The Morgan fingerprint density at radius 2 is 0.936 bits per heavy atom. The summed E-state index contributed by atoms with van der Waals surface area (Å²) in [5, 5.41) is 14.8. The van der Waals surface area contributed by atoms with Gasteiger partial charge in [-0.05, 0) is 77.8 Å². The van der Waals surface area contributed by atoms with Gasteiger partial charge in [0.2, 0.25) is 0 Å². The summed E-state index contributed by atoms with van der Waals surface area (Å²) >= 11 is 0.